The molecule has 0 saturated carbocycles. The van der Waals surface area contributed by atoms with Gasteiger partial charge in [-0.2, -0.15) is 0 Å². The first-order valence-corrected chi connectivity index (χ1v) is 6.71. The first-order chi connectivity index (χ1) is 7.70. The van der Waals surface area contributed by atoms with Crippen LogP contribution >= 0.6 is 0 Å². The Hall–Kier alpha value is -0.120. The van der Waals surface area contributed by atoms with Crippen molar-refractivity contribution in [1.82, 2.24) is 4.90 Å². The Morgan fingerprint density at radius 1 is 1.25 bits per heavy atom. The molecule has 0 aromatic rings. The van der Waals surface area contributed by atoms with Crippen LogP contribution in [0.1, 0.15) is 46.0 Å². The largest absolute Gasteiger partial charge is 0.381 e. The summed E-state index contributed by atoms with van der Waals surface area (Å²) < 4.78 is 5.57. The predicted octanol–water partition coefficient (Wildman–Crippen LogP) is 2.00. The van der Waals surface area contributed by atoms with Crippen LogP contribution in [0.5, 0.6) is 0 Å². The molecule has 16 heavy (non-hydrogen) atoms. The smallest absolute Gasteiger partial charge is 0.0484 e. The van der Waals surface area contributed by atoms with Crippen molar-refractivity contribution < 1.29 is 4.74 Å². The normalized spacial score (nSPS) is 27.4. The number of hydrogen-bond donors (Lipinski definition) is 1. The molecule has 1 heterocycles. The minimum atomic E-state index is 0.174. The quantitative estimate of drug-likeness (QED) is 0.782. The highest BCUT2D eigenvalue weighted by Gasteiger charge is 2.36. The summed E-state index contributed by atoms with van der Waals surface area (Å²) >= 11 is 0. The second-order valence-electron chi connectivity index (χ2n) is 4.98. The van der Waals surface area contributed by atoms with Crippen molar-refractivity contribution in [3.63, 3.8) is 0 Å². The van der Waals surface area contributed by atoms with Crippen LogP contribution < -0.4 is 5.73 Å². The van der Waals surface area contributed by atoms with Gasteiger partial charge in [-0.05, 0) is 39.2 Å². The van der Waals surface area contributed by atoms with E-state index in [1.807, 2.05) is 0 Å². The first kappa shape index (κ1) is 13.9. The van der Waals surface area contributed by atoms with E-state index in [1.54, 1.807) is 0 Å². The molecule has 1 aliphatic heterocycles. The van der Waals surface area contributed by atoms with Crippen LogP contribution in [0.3, 0.4) is 0 Å². The number of likely N-dealkylation sites (N-methyl/N-ethyl adjacent to an activating group) is 1. The summed E-state index contributed by atoms with van der Waals surface area (Å²) in [5.74, 6) is 0. The highest BCUT2D eigenvalue weighted by atomic mass is 16.5. The van der Waals surface area contributed by atoms with Gasteiger partial charge in [-0.25, -0.2) is 0 Å². The van der Waals surface area contributed by atoms with E-state index in [0.717, 1.165) is 32.6 Å². The van der Waals surface area contributed by atoms with Gasteiger partial charge in [-0.3, -0.25) is 4.90 Å². The molecule has 2 N–H and O–H groups in total. The van der Waals surface area contributed by atoms with Gasteiger partial charge in [0.15, 0.2) is 0 Å². The SMILES string of the molecule is CCC(CC)N(C)C1(CN)CCCOCC1. The van der Waals surface area contributed by atoms with Crippen molar-refractivity contribution >= 4 is 0 Å². The third kappa shape index (κ3) is 2.96. The fraction of sp³-hybridized carbons (Fsp3) is 1.00. The molecule has 0 aromatic heterocycles. The Bertz CT molecular complexity index is 184. The van der Waals surface area contributed by atoms with Crippen LogP contribution in [0.2, 0.25) is 0 Å². The summed E-state index contributed by atoms with van der Waals surface area (Å²) in [6.07, 6.45) is 5.81. The van der Waals surface area contributed by atoms with Gasteiger partial charge in [0.25, 0.3) is 0 Å². The maximum atomic E-state index is 6.06. The molecule has 0 aromatic carbocycles. The number of hydrogen-bond acceptors (Lipinski definition) is 3. The Morgan fingerprint density at radius 3 is 2.50 bits per heavy atom. The zero-order valence-electron chi connectivity index (χ0n) is 11.2. The highest BCUT2D eigenvalue weighted by molar-refractivity contribution is 4.93. The molecule has 3 nitrogen and oxygen atoms in total. The number of nitrogens with two attached hydrogens (primary N) is 1. The van der Waals surface area contributed by atoms with E-state index in [-0.39, 0.29) is 5.54 Å². The fourth-order valence-corrected chi connectivity index (χ4v) is 2.92. The lowest BCUT2D eigenvalue weighted by molar-refractivity contribution is 0.0504. The number of nitrogens with zero attached hydrogens (tertiary/aromatic N) is 1. The molecular weight excluding hydrogens is 200 g/mol. The van der Waals surface area contributed by atoms with Crippen LogP contribution in [-0.2, 0) is 4.74 Å². The molecule has 0 aliphatic carbocycles. The van der Waals surface area contributed by atoms with Crippen LogP contribution in [0.25, 0.3) is 0 Å². The number of ether oxygens (including phenoxy) is 1. The third-order valence-corrected chi connectivity index (χ3v) is 4.26. The summed E-state index contributed by atoms with van der Waals surface area (Å²) in [6.45, 7) is 7.05. The molecule has 0 spiro atoms. The molecule has 1 unspecified atom stereocenters. The van der Waals surface area contributed by atoms with E-state index >= 15 is 0 Å². The van der Waals surface area contributed by atoms with Crippen LogP contribution in [0.4, 0.5) is 0 Å². The lowest BCUT2D eigenvalue weighted by Gasteiger charge is -2.44. The van der Waals surface area contributed by atoms with Crippen molar-refractivity contribution in [3.8, 4) is 0 Å². The highest BCUT2D eigenvalue weighted by Crippen LogP contribution is 2.29. The van der Waals surface area contributed by atoms with E-state index in [1.165, 1.54) is 19.3 Å². The summed E-state index contributed by atoms with van der Waals surface area (Å²) in [5, 5.41) is 0. The van der Waals surface area contributed by atoms with Gasteiger partial charge in [0.2, 0.25) is 0 Å². The minimum absolute atomic E-state index is 0.174. The standard InChI is InChI=1S/C13H28N2O/c1-4-12(5-2)15(3)13(11-14)7-6-9-16-10-8-13/h12H,4-11,14H2,1-3H3. The lowest BCUT2D eigenvalue weighted by Crippen LogP contribution is -2.56. The van der Waals surface area contributed by atoms with Crippen molar-refractivity contribution in [2.45, 2.75) is 57.5 Å². The monoisotopic (exact) mass is 228 g/mol. The minimum Gasteiger partial charge on any atom is -0.381 e. The van der Waals surface area contributed by atoms with Gasteiger partial charge in [-0.1, -0.05) is 13.8 Å². The van der Waals surface area contributed by atoms with Crippen LogP contribution in [0, 0.1) is 0 Å². The molecular formula is C13H28N2O. The van der Waals surface area contributed by atoms with Crippen molar-refractivity contribution in [3.05, 3.63) is 0 Å². The molecule has 3 heteroatoms. The zero-order valence-corrected chi connectivity index (χ0v) is 11.2. The van der Waals surface area contributed by atoms with Crippen molar-refractivity contribution in [2.24, 2.45) is 5.73 Å². The van der Waals surface area contributed by atoms with E-state index < -0.39 is 0 Å². The molecule has 96 valence electrons. The second-order valence-corrected chi connectivity index (χ2v) is 4.98. The van der Waals surface area contributed by atoms with Crippen LogP contribution in [-0.4, -0.2) is 43.3 Å². The van der Waals surface area contributed by atoms with E-state index in [0.29, 0.717) is 6.04 Å². The summed E-state index contributed by atoms with van der Waals surface area (Å²) in [4.78, 5) is 2.53. The molecule has 1 aliphatic rings. The Morgan fingerprint density at radius 2 is 1.94 bits per heavy atom. The van der Waals surface area contributed by atoms with Crippen LogP contribution in [0.15, 0.2) is 0 Å². The average Bonchev–Trinajstić information content (AvgIpc) is 2.56. The van der Waals surface area contributed by atoms with Gasteiger partial charge >= 0.3 is 0 Å². The molecule has 1 atom stereocenters. The van der Waals surface area contributed by atoms with Gasteiger partial charge in [0.05, 0.1) is 0 Å². The molecule has 0 bridgehead atoms. The van der Waals surface area contributed by atoms with Gasteiger partial charge in [-0.15, -0.1) is 0 Å². The van der Waals surface area contributed by atoms with Gasteiger partial charge in [0, 0.05) is 31.3 Å². The van der Waals surface area contributed by atoms with E-state index in [2.05, 4.69) is 25.8 Å². The van der Waals surface area contributed by atoms with Gasteiger partial charge < -0.3 is 10.5 Å². The van der Waals surface area contributed by atoms with Gasteiger partial charge in [0.1, 0.15) is 0 Å². The molecule has 1 saturated heterocycles. The maximum Gasteiger partial charge on any atom is 0.0484 e. The average molecular weight is 228 g/mol. The number of rotatable bonds is 5. The van der Waals surface area contributed by atoms with E-state index in [9.17, 15) is 0 Å². The fourth-order valence-electron chi connectivity index (χ4n) is 2.92. The molecule has 1 fully saturated rings. The maximum absolute atomic E-state index is 6.06. The molecule has 0 radical (unpaired) electrons. The molecule has 1 rings (SSSR count). The van der Waals surface area contributed by atoms with Crippen molar-refractivity contribution in [1.29, 1.82) is 0 Å². The Labute approximate surface area is 100 Å². The summed E-state index contributed by atoms with van der Waals surface area (Å²) in [5.41, 5.74) is 6.23. The summed E-state index contributed by atoms with van der Waals surface area (Å²) in [6, 6.07) is 0.654. The van der Waals surface area contributed by atoms with E-state index in [4.69, 9.17) is 10.5 Å². The lowest BCUT2D eigenvalue weighted by atomic mass is 9.87. The molecule has 0 amide bonds. The first-order valence-electron chi connectivity index (χ1n) is 6.71. The predicted molar refractivity (Wildman–Crippen MR) is 68.6 cm³/mol. The third-order valence-electron chi connectivity index (χ3n) is 4.26. The van der Waals surface area contributed by atoms with Crippen molar-refractivity contribution in [2.75, 3.05) is 26.8 Å². The zero-order chi connectivity index (χ0) is 12.0. The Kier molecular flexibility index (Phi) is 5.73. The second kappa shape index (κ2) is 6.58. The Balaban J connectivity index is 2.75. The topological polar surface area (TPSA) is 38.5 Å². The summed E-state index contributed by atoms with van der Waals surface area (Å²) in [7, 11) is 2.25.